The van der Waals surface area contributed by atoms with Crippen LogP contribution >= 0.6 is 15.9 Å². The summed E-state index contributed by atoms with van der Waals surface area (Å²) in [6, 6.07) is 6.17. The Labute approximate surface area is 162 Å². The normalized spacial score (nSPS) is 23.8. The van der Waals surface area contributed by atoms with Crippen LogP contribution in [-0.4, -0.2) is 41.9 Å². The Balaban J connectivity index is 2.13. The zero-order valence-corrected chi connectivity index (χ0v) is 17.1. The average molecular weight is 425 g/mol. The number of carbonyl (C=O) groups excluding carboxylic acids is 3. The van der Waals surface area contributed by atoms with E-state index in [1.54, 1.807) is 38.1 Å². The van der Waals surface area contributed by atoms with Crippen molar-refractivity contribution in [2.45, 2.75) is 51.8 Å². The zero-order valence-electron chi connectivity index (χ0n) is 15.5. The molecule has 1 saturated heterocycles. The molecule has 6 nitrogen and oxygen atoms in total. The van der Waals surface area contributed by atoms with E-state index in [9.17, 15) is 14.4 Å². The van der Waals surface area contributed by atoms with Crippen molar-refractivity contribution in [3.05, 3.63) is 34.3 Å². The lowest BCUT2D eigenvalue weighted by Gasteiger charge is -2.30. The number of ketones is 1. The molecule has 2 N–H and O–H groups in total. The van der Waals surface area contributed by atoms with Gasteiger partial charge < -0.3 is 15.4 Å². The fraction of sp³-hybridized carbons (Fsp3) is 0.526. The van der Waals surface area contributed by atoms with Crippen molar-refractivity contribution in [1.29, 1.82) is 0 Å². The summed E-state index contributed by atoms with van der Waals surface area (Å²) in [5.74, 6) is -0.680. The maximum absolute atomic E-state index is 12.8. The average Bonchev–Trinajstić information content (AvgIpc) is 2.81. The highest BCUT2D eigenvalue weighted by Gasteiger charge is 2.47. The van der Waals surface area contributed by atoms with Crippen LogP contribution in [0.25, 0.3) is 0 Å². The second kappa shape index (κ2) is 8.31. The molecule has 1 aromatic carbocycles. The Morgan fingerprint density at radius 2 is 1.92 bits per heavy atom. The molecule has 1 aliphatic heterocycles. The summed E-state index contributed by atoms with van der Waals surface area (Å²) in [6.07, 6.45) is 0.0500. The summed E-state index contributed by atoms with van der Waals surface area (Å²) in [4.78, 5) is 37.4. The lowest BCUT2D eigenvalue weighted by atomic mass is 9.92. The Bertz CT molecular complexity index is 689. The summed E-state index contributed by atoms with van der Waals surface area (Å²) in [5.41, 5.74) is -0.608. The number of Topliss-reactive ketones (excluding diaryl/α,β-unsaturated/α-hetero) is 1. The molecule has 7 heteroatoms. The Hall–Kier alpha value is -1.73. The van der Waals surface area contributed by atoms with Crippen LogP contribution in [0.4, 0.5) is 0 Å². The van der Waals surface area contributed by atoms with Crippen molar-refractivity contribution in [3.63, 3.8) is 0 Å². The molecule has 0 radical (unpaired) electrons. The van der Waals surface area contributed by atoms with E-state index in [4.69, 9.17) is 4.74 Å². The van der Waals surface area contributed by atoms with Gasteiger partial charge in [0, 0.05) is 10.0 Å². The molecule has 26 heavy (non-hydrogen) atoms. The van der Waals surface area contributed by atoms with E-state index in [0.29, 0.717) is 12.0 Å². The quantitative estimate of drug-likeness (QED) is 0.734. The zero-order chi connectivity index (χ0) is 19.5. The van der Waals surface area contributed by atoms with Crippen molar-refractivity contribution in [3.8, 4) is 0 Å². The summed E-state index contributed by atoms with van der Waals surface area (Å²) >= 11 is 3.33. The van der Waals surface area contributed by atoms with Gasteiger partial charge in [-0.25, -0.2) is 0 Å². The van der Waals surface area contributed by atoms with Gasteiger partial charge in [0.15, 0.2) is 5.78 Å². The second-order valence-electron chi connectivity index (χ2n) is 7.23. The number of amides is 2. The Morgan fingerprint density at radius 1 is 1.31 bits per heavy atom. The predicted molar refractivity (Wildman–Crippen MR) is 102 cm³/mol. The molecular formula is C19H25BrN2O4. The molecule has 2 rings (SSSR count). The van der Waals surface area contributed by atoms with Crippen LogP contribution < -0.4 is 10.6 Å². The highest BCUT2D eigenvalue weighted by Crippen LogP contribution is 2.22. The minimum atomic E-state index is -1.07. The minimum Gasteiger partial charge on any atom is -0.368 e. The number of carbonyl (C=O) groups is 3. The van der Waals surface area contributed by atoms with E-state index >= 15 is 0 Å². The topological polar surface area (TPSA) is 84.5 Å². The van der Waals surface area contributed by atoms with Gasteiger partial charge in [0.05, 0.1) is 6.10 Å². The van der Waals surface area contributed by atoms with E-state index in [1.165, 1.54) is 0 Å². The molecule has 142 valence electrons. The van der Waals surface area contributed by atoms with Gasteiger partial charge in [-0.1, -0.05) is 29.8 Å². The molecule has 1 fully saturated rings. The maximum atomic E-state index is 12.8. The van der Waals surface area contributed by atoms with E-state index in [2.05, 4.69) is 26.6 Å². The highest BCUT2D eigenvalue weighted by atomic mass is 79.9. The molecule has 0 bridgehead atoms. The third kappa shape index (κ3) is 4.71. The van der Waals surface area contributed by atoms with Crippen molar-refractivity contribution in [1.82, 2.24) is 10.6 Å². The monoisotopic (exact) mass is 424 g/mol. The van der Waals surface area contributed by atoms with Gasteiger partial charge in [-0.3, -0.25) is 14.4 Å². The number of hydrogen-bond donors (Lipinski definition) is 2. The smallest absolute Gasteiger partial charge is 0.251 e. The number of rotatable bonds is 6. The lowest BCUT2D eigenvalue weighted by Crippen LogP contribution is -2.60. The van der Waals surface area contributed by atoms with Crippen LogP contribution in [0.2, 0.25) is 0 Å². The SMILES string of the molecule is CC(C)CC(NC(=O)c1ccc(Br)cc1)C(=O)NC1(C)C(=O)COC1C. The number of benzene rings is 1. The molecule has 0 aliphatic carbocycles. The van der Waals surface area contributed by atoms with Gasteiger partial charge in [-0.2, -0.15) is 0 Å². The summed E-state index contributed by atoms with van der Waals surface area (Å²) in [5, 5.41) is 5.58. The van der Waals surface area contributed by atoms with Crippen LogP contribution in [-0.2, 0) is 14.3 Å². The fourth-order valence-electron chi connectivity index (χ4n) is 2.80. The number of hydrogen-bond acceptors (Lipinski definition) is 4. The van der Waals surface area contributed by atoms with Gasteiger partial charge >= 0.3 is 0 Å². The van der Waals surface area contributed by atoms with E-state index in [0.717, 1.165) is 4.47 Å². The van der Waals surface area contributed by atoms with Crippen LogP contribution in [0.3, 0.4) is 0 Å². The van der Waals surface area contributed by atoms with Gasteiger partial charge in [0.25, 0.3) is 5.91 Å². The number of halogens is 1. The second-order valence-corrected chi connectivity index (χ2v) is 8.15. The minimum absolute atomic E-state index is 0.0158. The molecule has 1 aliphatic rings. The van der Waals surface area contributed by atoms with Crippen molar-refractivity contribution >= 4 is 33.5 Å². The first-order chi connectivity index (χ1) is 12.1. The molecule has 3 atom stereocenters. The summed E-state index contributed by atoms with van der Waals surface area (Å²) in [7, 11) is 0. The first-order valence-electron chi connectivity index (χ1n) is 8.67. The van der Waals surface area contributed by atoms with Gasteiger partial charge in [-0.15, -0.1) is 0 Å². The Kier molecular flexibility index (Phi) is 6.58. The largest absolute Gasteiger partial charge is 0.368 e. The highest BCUT2D eigenvalue weighted by molar-refractivity contribution is 9.10. The van der Waals surface area contributed by atoms with Crippen molar-refractivity contribution in [2.75, 3.05) is 6.61 Å². The third-order valence-corrected chi connectivity index (χ3v) is 5.20. The van der Waals surface area contributed by atoms with E-state index in [-0.39, 0.29) is 30.1 Å². The molecule has 1 heterocycles. The van der Waals surface area contributed by atoms with Crippen LogP contribution in [0.1, 0.15) is 44.5 Å². The summed E-state index contributed by atoms with van der Waals surface area (Å²) < 4.78 is 6.22. The van der Waals surface area contributed by atoms with E-state index in [1.807, 2.05) is 13.8 Å². The van der Waals surface area contributed by atoms with Gasteiger partial charge in [-0.05, 0) is 50.5 Å². The van der Waals surface area contributed by atoms with Crippen LogP contribution in [0.15, 0.2) is 28.7 Å². The van der Waals surface area contributed by atoms with E-state index < -0.39 is 17.7 Å². The standard InChI is InChI=1S/C19H25BrN2O4/c1-11(2)9-15(21-17(24)13-5-7-14(20)8-6-13)18(25)22-19(4)12(3)26-10-16(19)23/h5-8,11-12,15H,9-10H2,1-4H3,(H,21,24)(H,22,25). The van der Waals surface area contributed by atoms with Crippen molar-refractivity contribution < 1.29 is 19.1 Å². The first kappa shape index (κ1) is 20.6. The predicted octanol–water partition coefficient (Wildman–Crippen LogP) is 2.46. The number of ether oxygens (including phenoxy) is 1. The van der Waals surface area contributed by atoms with Crippen LogP contribution in [0, 0.1) is 5.92 Å². The third-order valence-electron chi connectivity index (χ3n) is 4.67. The molecule has 2 amide bonds. The van der Waals surface area contributed by atoms with Crippen molar-refractivity contribution in [2.24, 2.45) is 5.92 Å². The molecule has 0 spiro atoms. The maximum Gasteiger partial charge on any atom is 0.251 e. The fourth-order valence-corrected chi connectivity index (χ4v) is 3.07. The Morgan fingerprint density at radius 3 is 2.42 bits per heavy atom. The molecular weight excluding hydrogens is 400 g/mol. The van der Waals surface area contributed by atoms with Gasteiger partial charge in [0.1, 0.15) is 18.2 Å². The molecule has 3 unspecified atom stereocenters. The molecule has 0 aromatic heterocycles. The number of nitrogens with one attached hydrogen (secondary N) is 2. The van der Waals surface area contributed by atoms with Crippen LogP contribution in [0.5, 0.6) is 0 Å². The summed E-state index contributed by atoms with van der Waals surface area (Å²) in [6.45, 7) is 7.34. The lowest BCUT2D eigenvalue weighted by molar-refractivity contribution is -0.130. The van der Waals surface area contributed by atoms with Gasteiger partial charge in [0.2, 0.25) is 5.91 Å². The molecule has 0 saturated carbocycles. The molecule has 1 aromatic rings. The first-order valence-corrected chi connectivity index (χ1v) is 9.46.